The van der Waals surface area contributed by atoms with Crippen LogP contribution in [0.2, 0.25) is 0 Å². The van der Waals surface area contributed by atoms with Crippen molar-refractivity contribution < 1.29 is 9.47 Å². The van der Waals surface area contributed by atoms with Gasteiger partial charge in [0.2, 0.25) is 0 Å². The smallest absolute Gasteiger partial charge is 0.178 e. The molecule has 0 amide bonds. The van der Waals surface area contributed by atoms with Crippen LogP contribution in [0.15, 0.2) is 140 Å². The van der Waals surface area contributed by atoms with Crippen molar-refractivity contribution in [3.63, 3.8) is 0 Å². The van der Waals surface area contributed by atoms with Gasteiger partial charge < -0.3 is 14.4 Å². The predicted molar refractivity (Wildman–Crippen MR) is 183 cm³/mol. The summed E-state index contributed by atoms with van der Waals surface area (Å²) in [5, 5.41) is 2.39. The Bertz CT molecular complexity index is 2060. The van der Waals surface area contributed by atoms with E-state index < -0.39 is 5.60 Å². The third-order valence-corrected chi connectivity index (χ3v) is 9.83. The van der Waals surface area contributed by atoms with Crippen molar-refractivity contribution >= 4 is 22.5 Å². The highest BCUT2D eigenvalue weighted by atomic mass is 16.5. The molecule has 0 radical (unpaired) electrons. The average molecular weight is 584 g/mol. The van der Waals surface area contributed by atoms with Crippen LogP contribution in [0.1, 0.15) is 39.3 Å². The van der Waals surface area contributed by atoms with Crippen LogP contribution in [0.3, 0.4) is 0 Å². The number of benzene rings is 6. The molecule has 6 aromatic carbocycles. The first-order chi connectivity index (χ1) is 22.3. The van der Waals surface area contributed by atoms with Crippen LogP contribution in [0.5, 0.6) is 5.75 Å². The molecule has 218 valence electrons. The van der Waals surface area contributed by atoms with Crippen molar-refractivity contribution in [1.82, 2.24) is 0 Å². The Kier molecular flexibility index (Phi) is 6.14. The van der Waals surface area contributed by atoms with E-state index >= 15 is 0 Å². The molecule has 2 heterocycles. The lowest BCUT2D eigenvalue weighted by atomic mass is 9.81. The van der Waals surface area contributed by atoms with Crippen LogP contribution < -0.4 is 9.64 Å². The van der Waals surface area contributed by atoms with Crippen LogP contribution >= 0.6 is 0 Å². The van der Waals surface area contributed by atoms with Gasteiger partial charge in [-0.25, -0.2) is 0 Å². The van der Waals surface area contributed by atoms with E-state index in [0.717, 1.165) is 54.1 Å². The van der Waals surface area contributed by atoms with Crippen molar-refractivity contribution in [2.75, 3.05) is 31.2 Å². The van der Waals surface area contributed by atoms with Gasteiger partial charge in [0.15, 0.2) is 5.60 Å². The third-order valence-electron chi connectivity index (χ3n) is 9.83. The topological polar surface area (TPSA) is 21.7 Å². The van der Waals surface area contributed by atoms with Gasteiger partial charge in [-0.05, 0) is 57.5 Å². The van der Waals surface area contributed by atoms with E-state index in [0.29, 0.717) is 0 Å². The Morgan fingerprint density at radius 1 is 0.622 bits per heavy atom. The van der Waals surface area contributed by atoms with Crippen LogP contribution in [-0.4, -0.2) is 26.3 Å². The number of hydrogen-bond donors (Lipinski definition) is 0. The fourth-order valence-corrected chi connectivity index (χ4v) is 7.74. The SMILES string of the molecule is C1=CC(c2ccccc2)(c2ccc(N3CCOCC3)cc2)Oc2c1c1c(c3ccccc23)C(c2ccccc2)c2ccccc2-1. The summed E-state index contributed by atoms with van der Waals surface area (Å²) < 4.78 is 13.0. The second kappa shape index (κ2) is 10.5. The van der Waals surface area contributed by atoms with Crippen LogP contribution in [0.4, 0.5) is 5.69 Å². The number of rotatable bonds is 4. The van der Waals surface area contributed by atoms with Gasteiger partial charge in [-0.2, -0.15) is 0 Å². The molecule has 0 aromatic heterocycles. The highest BCUT2D eigenvalue weighted by Gasteiger charge is 2.41. The van der Waals surface area contributed by atoms with E-state index in [1.54, 1.807) is 0 Å². The summed E-state index contributed by atoms with van der Waals surface area (Å²) in [4.78, 5) is 2.40. The lowest BCUT2D eigenvalue weighted by molar-refractivity contribution is 0.122. The second-order valence-electron chi connectivity index (χ2n) is 12.2. The molecule has 0 spiro atoms. The summed E-state index contributed by atoms with van der Waals surface area (Å²) in [5.74, 6) is 1.10. The molecular weight excluding hydrogens is 550 g/mol. The molecule has 3 aliphatic rings. The number of anilines is 1. The summed E-state index contributed by atoms with van der Waals surface area (Å²) in [6.45, 7) is 3.36. The molecule has 9 rings (SSSR count). The van der Waals surface area contributed by atoms with E-state index in [4.69, 9.17) is 9.47 Å². The van der Waals surface area contributed by atoms with Crippen molar-refractivity contribution in [2.24, 2.45) is 0 Å². The van der Waals surface area contributed by atoms with Crippen LogP contribution in [0.25, 0.3) is 28.0 Å². The Hall–Kier alpha value is -5.12. The Morgan fingerprint density at radius 3 is 2.04 bits per heavy atom. The molecule has 2 aliphatic heterocycles. The van der Waals surface area contributed by atoms with Crippen LogP contribution in [0, 0.1) is 0 Å². The Morgan fingerprint density at radius 2 is 1.27 bits per heavy atom. The summed E-state index contributed by atoms with van der Waals surface area (Å²) in [6, 6.07) is 48.2. The monoisotopic (exact) mass is 583 g/mol. The van der Waals surface area contributed by atoms with Crippen molar-refractivity contribution in [2.45, 2.75) is 11.5 Å². The molecule has 1 saturated heterocycles. The molecule has 0 saturated carbocycles. The quantitative estimate of drug-likeness (QED) is 0.206. The number of morpholine rings is 1. The normalized spacial score (nSPS) is 19.9. The average Bonchev–Trinajstić information content (AvgIpc) is 3.48. The summed E-state index contributed by atoms with van der Waals surface area (Å²) in [6.07, 6.45) is 4.61. The Labute approximate surface area is 264 Å². The summed E-state index contributed by atoms with van der Waals surface area (Å²) in [5.41, 5.74) is 10.4. The van der Waals surface area contributed by atoms with Crippen molar-refractivity contribution in [3.8, 4) is 16.9 Å². The predicted octanol–water partition coefficient (Wildman–Crippen LogP) is 9.19. The fourth-order valence-electron chi connectivity index (χ4n) is 7.74. The largest absolute Gasteiger partial charge is 0.472 e. The van der Waals surface area contributed by atoms with E-state index in [-0.39, 0.29) is 5.92 Å². The minimum Gasteiger partial charge on any atom is -0.472 e. The minimum absolute atomic E-state index is 0.162. The lowest BCUT2D eigenvalue weighted by Gasteiger charge is -2.38. The molecule has 1 aliphatic carbocycles. The van der Waals surface area contributed by atoms with Gasteiger partial charge in [0.25, 0.3) is 0 Å². The molecule has 0 bridgehead atoms. The van der Waals surface area contributed by atoms with Gasteiger partial charge in [0.1, 0.15) is 5.75 Å². The molecule has 6 aromatic rings. The van der Waals surface area contributed by atoms with Gasteiger partial charge in [-0.15, -0.1) is 0 Å². The number of fused-ring (bicyclic) bond motifs is 8. The Balaban J connectivity index is 1.27. The zero-order chi connectivity index (χ0) is 29.8. The van der Waals surface area contributed by atoms with E-state index in [1.807, 2.05) is 0 Å². The zero-order valence-electron chi connectivity index (χ0n) is 25.0. The maximum atomic E-state index is 7.45. The molecule has 3 nitrogen and oxygen atoms in total. The minimum atomic E-state index is -0.772. The maximum Gasteiger partial charge on any atom is 0.178 e. The first-order valence-electron chi connectivity index (χ1n) is 15.9. The van der Waals surface area contributed by atoms with E-state index in [2.05, 4.69) is 151 Å². The number of hydrogen-bond acceptors (Lipinski definition) is 3. The highest BCUT2D eigenvalue weighted by Crippen LogP contribution is 2.57. The summed E-state index contributed by atoms with van der Waals surface area (Å²) >= 11 is 0. The second-order valence-corrected chi connectivity index (χ2v) is 12.2. The van der Waals surface area contributed by atoms with Crippen LogP contribution in [-0.2, 0) is 10.3 Å². The molecular formula is C42H33NO2. The summed E-state index contributed by atoms with van der Waals surface area (Å²) in [7, 11) is 0. The number of nitrogens with zero attached hydrogens (tertiary/aromatic N) is 1. The molecule has 2 unspecified atom stereocenters. The molecule has 3 heteroatoms. The first-order valence-corrected chi connectivity index (χ1v) is 15.9. The van der Waals surface area contributed by atoms with Gasteiger partial charge in [-0.3, -0.25) is 0 Å². The first kappa shape index (κ1) is 26.3. The fraction of sp³-hybridized carbons (Fsp3) is 0.143. The highest BCUT2D eigenvalue weighted by molar-refractivity contribution is 6.06. The maximum absolute atomic E-state index is 7.45. The van der Waals surface area contributed by atoms with Crippen molar-refractivity contribution in [1.29, 1.82) is 0 Å². The van der Waals surface area contributed by atoms with E-state index in [1.165, 1.54) is 38.9 Å². The molecule has 2 atom stereocenters. The lowest BCUT2D eigenvalue weighted by Crippen LogP contribution is -2.36. The standard InChI is InChI=1S/C42H33NO2/c1-3-11-29(12-4-1)38-33-15-7-8-16-34(33)39-37-23-24-42(30-13-5-2-6-14-30,45-41(37)36-18-10-9-17-35(36)40(38)39)31-19-21-32(22-20-31)43-25-27-44-28-26-43/h1-24,38H,25-28H2. The number of ether oxygens (including phenoxy) is 2. The molecule has 0 N–H and O–H groups in total. The zero-order valence-corrected chi connectivity index (χ0v) is 25.0. The third kappa shape index (κ3) is 4.08. The van der Waals surface area contributed by atoms with Gasteiger partial charge in [0.05, 0.1) is 13.2 Å². The molecule has 45 heavy (non-hydrogen) atoms. The van der Waals surface area contributed by atoms with Gasteiger partial charge >= 0.3 is 0 Å². The van der Waals surface area contributed by atoms with E-state index in [9.17, 15) is 0 Å². The van der Waals surface area contributed by atoms with Gasteiger partial charge in [0, 0.05) is 46.8 Å². The molecule has 1 fully saturated rings. The van der Waals surface area contributed by atoms with Crippen molar-refractivity contribution in [3.05, 3.63) is 173 Å². The van der Waals surface area contributed by atoms with Gasteiger partial charge in [-0.1, -0.05) is 121 Å².